The van der Waals surface area contributed by atoms with E-state index in [9.17, 15) is 14.4 Å². The number of carbonyl (C=O) groups is 3. The average Bonchev–Trinajstić information content (AvgIpc) is 2.87. The lowest BCUT2D eigenvalue weighted by molar-refractivity contribution is -0.142. The SMILES string of the molecule is NC(=O)CCC(NC(=O)CCCc1cccs1)C(=O)O. The number of rotatable bonds is 9. The van der Waals surface area contributed by atoms with Crippen LogP contribution in [0.1, 0.15) is 30.6 Å². The molecule has 6 nitrogen and oxygen atoms in total. The Morgan fingerprint density at radius 3 is 2.65 bits per heavy atom. The highest BCUT2D eigenvalue weighted by Crippen LogP contribution is 2.12. The second-order valence-electron chi connectivity index (χ2n) is 4.40. The van der Waals surface area contributed by atoms with Crippen molar-refractivity contribution in [2.75, 3.05) is 0 Å². The molecule has 4 N–H and O–H groups in total. The third-order valence-electron chi connectivity index (χ3n) is 2.72. The van der Waals surface area contributed by atoms with Gasteiger partial charge in [0.2, 0.25) is 11.8 Å². The topological polar surface area (TPSA) is 109 Å². The minimum atomic E-state index is -1.15. The van der Waals surface area contributed by atoms with Crippen LogP contribution in [0.15, 0.2) is 17.5 Å². The number of nitrogens with two attached hydrogens (primary N) is 1. The number of primary amides is 1. The Labute approximate surface area is 121 Å². The summed E-state index contributed by atoms with van der Waals surface area (Å²) >= 11 is 1.63. The van der Waals surface area contributed by atoms with Crippen LogP contribution in [0.3, 0.4) is 0 Å². The summed E-state index contributed by atoms with van der Waals surface area (Å²) in [4.78, 5) is 34.4. The number of amides is 2. The van der Waals surface area contributed by atoms with Gasteiger partial charge in [0, 0.05) is 17.7 Å². The van der Waals surface area contributed by atoms with E-state index in [1.165, 1.54) is 4.88 Å². The van der Waals surface area contributed by atoms with E-state index in [-0.39, 0.29) is 25.2 Å². The van der Waals surface area contributed by atoms with Crippen LogP contribution in [-0.4, -0.2) is 28.9 Å². The fourth-order valence-electron chi connectivity index (χ4n) is 1.69. The number of aliphatic carboxylic acids is 1. The molecular weight excluding hydrogens is 280 g/mol. The Bertz CT molecular complexity index is 459. The van der Waals surface area contributed by atoms with E-state index in [1.54, 1.807) is 11.3 Å². The van der Waals surface area contributed by atoms with E-state index in [2.05, 4.69) is 5.32 Å². The van der Waals surface area contributed by atoms with Crippen molar-refractivity contribution in [3.05, 3.63) is 22.4 Å². The second kappa shape index (κ2) is 8.31. The summed E-state index contributed by atoms with van der Waals surface area (Å²) in [7, 11) is 0. The summed E-state index contributed by atoms with van der Waals surface area (Å²) in [6.07, 6.45) is 1.67. The van der Waals surface area contributed by atoms with Gasteiger partial charge in [-0.05, 0) is 30.7 Å². The van der Waals surface area contributed by atoms with Gasteiger partial charge in [-0.1, -0.05) is 6.07 Å². The highest BCUT2D eigenvalue weighted by Gasteiger charge is 2.20. The molecule has 1 rings (SSSR count). The standard InChI is InChI=1S/C13H18N2O4S/c14-11(16)7-6-10(13(18)19)15-12(17)5-1-3-9-4-2-8-20-9/h2,4,8,10H,1,3,5-7H2,(H2,14,16)(H,15,17)(H,18,19). The molecule has 2 amide bonds. The third-order valence-corrected chi connectivity index (χ3v) is 3.66. The maximum absolute atomic E-state index is 11.6. The minimum absolute atomic E-state index is 0.0152. The molecule has 1 unspecified atom stereocenters. The lowest BCUT2D eigenvalue weighted by atomic mass is 10.1. The zero-order valence-corrected chi connectivity index (χ0v) is 11.8. The van der Waals surface area contributed by atoms with Gasteiger partial charge in [-0.15, -0.1) is 11.3 Å². The van der Waals surface area contributed by atoms with Crippen molar-refractivity contribution >= 4 is 29.1 Å². The predicted octanol–water partition coefficient (Wildman–Crippen LogP) is 0.906. The van der Waals surface area contributed by atoms with E-state index in [4.69, 9.17) is 10.8 Å². The normalized spacial score (nSPS) is 11.8. The molecule has 0 aliphatic heterocycles. The number of hydrogen-bond donors (Lipinski definition) is 3. The van der Waals surface area contributed by atoms with Crippen molar-refractivity contribution in [2.45, 2.75) is 38.1 Å². The number of aryl methyl sites for hydroxylation is 1. The number of carbonyl (C=O) groups excluding carboxylic acids is 2. The zero-order valence-electron chi connectivity index (χ0n) is 11.0. The van der Waals surface area contributed by atoms with E-state index < -0.39 is 17.9 Å². The Morgan fingerprint density at radius 2 is 2.10 bits per heavy atom. The predicted molar refractivity (Wildman–Crippen MR) is 75.3 cm³/mol. The lowest BCUT2D eigenvalue weighted by Crippen LogP contribution is -2.41. The van der Waals surface area contributed by atoms with Crippen molar-refractivity contribution in [2.24, 2.45) is 5.73 Å². The largest absolute Gasteiger partial charge is 0.480 e. The van der Waals surface area contributed by atoms with Crippen LogP contribution in [0.2, 0.25) is 0 Å². The van der Waals surface area contributed by atoms with E-state index in [0.29, 0.717) is 6.42 Å². The molecule has 0 radical (unpaired) electrons. The van der Waals surface area contributed by atoms with Crippen molar-refractivity contribution in [1.82, 2.24) is 5.32 Å². The summed E-state index contributed by atoms with van der Waals surface area (Å²) in [6, 6.07) is 2.89. The van der Waals surface area contributed by atoms with Crippen molar-refractivity contribution < 1.29 is 19.5 Å². The molecule has 1 aromatic heterocycles. The number of nitrogens with one attached hydrogen (secondary N) is 1. The molecule has 0 aromatic carbocycles. The molecule has 0 aliphatic carbocycles. The minimum Gasteiger partial charge on any atom is -0.480 e. The summed E-state index contributed by atoms with van der Waals surface area (Å²) in [5.41, 5.74) is 4.96. The van der Waals surface area contributed by atoms with Crippen molar-refractivity contribution in [3.8, 4) is 0 Å². The van der Waals surface area contributed by atoms with Crippen LogP contribution in [0.4, 0.5) is 0 Å². The van der Waals surface area contributed by atoms with Gasteiger partial charge < -0.3 is 16.2 Å². The molecular formula is C13H18N2O4S. The molecule has 1 aromatic rings. The number of hydrogen-bond acceptors (Lipinski definition) is 4. The Hall–Kier alpha value is -1.89. The average molecular weight is 298 g/mol. The van der Waals surface area contributed by atoms with Crippen molar-refractivity contribution in [3.63, 3.8) is 0 Å². The first-order chi connectivity index (χ1) is 9.49. The van der Waals surface area contributed by atoms with E-state index >= 15 is 0 Å². The summed E-state index contributed by atoms with van der Waals surface area (Å²) in [5.74, 6) is -2.06. The number of carboxylic acid groups (broad SMARTS) is 1. The van der Waals surface area contributed by atoms with E-state index in [1.807, 2.05) is 17.5 Å². The van der Waals surface area contributed by atoms with Gasteiger partial charge in [0.25, 0.3) is 0 Å². The van der Waals surface area contributed by atoms with Gasteiger partial charge in [0.1, 0.15) is 6.04 Å². The molecule has 20 heavy (non-hydrogen) atoms. The van der Waals surface area contributed by atoms with E-state index in [0.717, 1.165) is 6.42 Å². The molecule has 110 valence electrons. The Morgan fingerprint density at radius 1 is 1.35 bits per heavy atom. The molecule has 1 heterocycles. The van der Waals surface area contributed by atoms with Gasteiger partial charge in [-0.3, -0.25) is 9.59 Å². The van der Waals surface area contributed by atoms with Crippen LogP contribution in [-0.2, 0) is 20.8 Å². The maximum Gasteiger partial charge on any atom is 0.326 e. The van der Waals surface area contributed by atoms with Gasteiger partial charge in [0.15, 0.2) is 0 Å². The van der Waals surface area contributed by atoms with Crippen LogP contribution in [0.25, 0.3) is 0 Å². The smallest absolute Gasteiger partial charge is 0.326 e. The van der Waals surface area contributed by atoms with Crippen molar-refractivity contribution in [1.29, 1.82) is 0 Å². The molecule has 7 heteroatoms. The highest BCUT2D eigenvalue weighted by molar-refractivity contribution is 7.09. The summed E-state index contributed by atoms with van der Waals surface area (Å²) in [6.45, 7) is 0. The monoisotopic (exact) mass is 298 g/mol. The number of carboxylic acids is 1. The van der Waals surface area contributed by atoms with Gasteiger partial charge in [-0.2, -0.15) is 0 Å². The molecule has 0 bridgehead atoms. The second-order valence-corrected chi connectivity index (χ2v) is 5.43. The highest BCUT2D eigenvalue weighted by atomic mass is 32.1. The number of thiophene rings is 1. The first kappa shape index (κ1) is 16.2. The summed E-state index contributed by atoms with van der Waals surface area (Å²) < 4.78 is 0. The zero-order chi connectivity index (χ0) is 15.0. The fraction of sp³-hybridized carbons (Fsp3) is 0.462. The first-order valence-corrected chi connectivity index (χ1v) is 7.20. The third kappa shape index (κ3) is 6.33. The van der Waals surface area contributed by atoms with Crippen LogP contribution in [0.5, 0.6) is 0 Å². The van der Waals surface area contributed by atoms with Crippen LogP contribution < -0.4 is 11.1 Å². The van der Waals surface area contributed by atoms with Crippen LogP contribution in [0, 0.1) is 0 Å². The first-order valence-electron chi connectivity index (χ1n) is 6.32. The molecule has 1 atom stereocenters. The Kier molecular flexibility index (Phi) is 6.72. The molecule has 0 saturated carbocycles. The molecule has 0 spiro atoms. The molecule has 0 saturated heterocycles. The molecule has 0 fully saturated rings. The van der Waals surface area contributed by atoms with Gasteiger partial charge >= 0.3 is 5.97 Å². The Balaban J connectivity index is 2.30. The quantitative estimate of drug-likeness (QED) is 0.629. The van der Waals surface area contributed by atoms with Crippen LogP contribution >= 0.6 is 11.3 Å². The lowest BCUT2D eigenvalue weighted by Gasteiger charge is -2.13. The van der Waals surface area contributed by atoms with Gasteiger partial charge in [-0.25, -0.2) is 4.79 Å². The molecule has 0 aliphatic rings. The summed E-state index contributed by atoms with van der Waals surface area (Å²) in [5, 5.41) is 13.3. The maximum atomic E-state index is 11.6. The fourth-order valence-corrected chi connectivity index (χ4v) is 2.44. The van der Waals surface area contributed by atoms with Gasteiger partial charge in [0.05, 0.1) is 0 Å².